The lowest BCUT2D eigenvalue weighted by atomic mass is 10.1. The molecule has 1 aliphatic rings. The molecule has 0 heterocycles. The van der Waals surface area contributed by atoms with Crippen molar-refractivity contribution in [2.75, 3.05) is 6.54 Å². The van der Waals surface area contributed by atoms with Crippen molar-refractivity contribution in [1.82, 2.24) is 5.32 Å². The van der Waals surface area contributed by atoms with E-state index in [0.717, 1.165) is 13.1 Å². The summed E-state index contributed by atoms with van der Waals surface area (Å²) in [4.78, 5) is 0.348. The molecule has 0 fully saturated rings. The third kappa shape index (κ3) is 3.97. The molecular weight excluding hydrogens is 286 g/mol. The Bertz CT molecular complexity index is 471. The van der Waals surface area contributed by atoms with Crippen molar-refractivity contribution in [2.24, 2.45) is 0 Å². The highest BCUT2D eigenvalue weighted by atomic mass is 79.9. The molecule has 0 bridgehead atoms. The number of nitrogens with one attached hydrogen (secondary N) is 1. The van der Waals surface area contributed by atoms with Crippen LogP contribution in [0.2, 0.25) is 0 Å². The van der Waals surface area contributed by atoms with Crippen molar-refractivity contribution < 1.29 is 0 Å². The molecule has 1 unspecified atom stereocenters. The van der Waals surface area contributed by atoms with Crippen LogP contribution in [0.4, 0.5) is 0 Å². The Morgan fingerprint density at radius 3 is 2.72 bits per heavy atom. The Hall–Kier alpha value is -1.12. The van der Waals surface area contributed by atoms with Gasteiger partial charge in [-0.05, 0) is 23.6 Å². The number of rotatable bonds is 4. The van der Waals surface area contributed by atoms with E-state index in [1.54, 1.807) is 0 Å². The average Bonchev–Trinajstić information content (AvgIpc) is 2.52. The van der Waals surface area contributed by atoms with E-state index in [-0.39, 0.29) is 0 Å². The van der Waals surface area contributed by atoms with Crippen LogP contribution < -0.4 is 5.32 Å². The number of alkyl halides is 1. The van der Waals surface area contributed by atoms with Gasteiger partial charge in [0, 0.05) is 13.1 Å². The molecular formula is C16H18BrN. The molecule has 1 N–H and O–H groups in total. The van der Waals surface area contributed by atoms with Crippen LogP contribution >= 0.6 is 15.9 Å². The van der Waals surface area contributed by atoms with Crippen LogP contribution in [0.25, 0.3) is 0 Å². The first-order chi connectivity index (χ1) is 8.75. The summed E-state index contributed by atoms with van der Waals surface area (Å²) < 4.78 is 0. The van der Waals surface area contributed by atoms with Gasteiger partial charge in [-0.3, -0.25) is 0 Å². The third-order valence-corrected chi connectivity index (χ3v) is 3.57. The highest BCUT2D eigenvalue weighted by Crippen LogP contribution is 2.17. The lowest BCUT2D eigenvalue weighted by molar-refractivity contribution is 0.742. The Morgan fingerprint density at radius 1 is 1.17 bits per heavy atom. The second kappa shape index (κ2) is 6.72. The van der Waals surface area contributed by atoms with Gasteiger partial charge in [0.05, 0.1) is 4.83 Å². The van der Waals surface area contributed by atoms with E-state index in [0.29, 0.717) is 4.83 Å². The van der Waals surface area contributed by atoms with Crippen molar-refractivity contribution >= 4 is 15.9 Å². The Balaban J connectivity index is 1.89. The number of hydrogen-bond acceptors (Lipinski definition) is 1. The minimum atomic E-state index is 0.348. The van der Waals surface area contributed by atoms with Crippen molar-refractivity contribution in [3.63, 3.8) is 0 Å². The molecule has 1 aromatic rings. The van der Waals surface area contributed by atoms with Crippen molar-refractivity contribution in [2.45, 2.75) is 18.3 Å². The topological polar surface area (TPSA) is 12.0 Å². The molecule has 0 aliphatic heterocycles. The summed E-state index contributed by atoms with van der Waals surface area (Å²) in [6, 6.07) is 10.5. The highest BCUT2D eigenvalue weighted by Gasteiger charge is 2.05. The molecule has 0 saturated heterocycles. The predicted molar refractivity (Wildman–Crippen MR) is 81.8 cm³/mol. The normalized spacial score (nSPS) is 19.1. The van der Waals surface area contributed by atoms with E-state index < -0.39 is 0 Å². The zero-order valence-corrected chi connectivity index (χ0v) is 12.2. The maximum absolute atomic E-state index is 3.59. The monoisotopic (exact) mass is 303 g/mol. The van der Waals surface area contributed by atoms with Crippen molar-refractivity contribution in [3.05, 3.63) is 71.3 Å². The van der Waals surface area contributed by atoms with E-state index >= 15 is 0 Å². The average molecular weight is 304 g/mol. The first-order valence-corrected chi connectivity index (χ1v) is 7.12. The second-order valence-corrected chi connectivity index (χ2v) is 5.52. The number of benzene rings is 1. The van der Waals surface area contributed by atoms with E-state index in [2.05, 4.69) is 76.7 Å². The number of allylic oxidation sites excluding steroid dienone is 4. The molecule has 0 saturated carbocycles. The molecule has 0 radical (unpaired) electrons. The van der Waals surface area contributed by atoms with Crippen molar-refractivity contribution in [1.29, 1.82) is 0 Å². The molecule has 0 spiro atoms. The minimum Gasteiger partial charge on any atom is -0.309 e. The fourth-order valence-electron chi connectivity index (χ4n) is 1.95. The molecule has 2 heteroatoms. The second-order valence-electron chi connectivity index (χ2n) is 4.46. The van der Waals surface area contributed by atoms with E-state index in [4.69, 9.17) is 0 Å². The number of halogens is 1. The van der Waals surface area contributed by atoms with Gasteiger partial charge in [-0.1, -0.05) is 70.6 Å². The van der Waals surface area contributed by atoms with Gasteiger partial charge in [0.2, 0.25) is 0 Å². The molecule has 1 nitrogen and oxygen atoms in total. The molecule has 1 aliphatic carbocycles. The predicted octanol–water partition coefficient (Wildman–Crippen LogP) is 3.98. The van der Waals surface area contributed by atoms with Crippen LogP contribution in [-0.4, -0.2) is 11.4 Å². The number of hydrogen-bond donors (Lipinski definition) is 1. The molecule has 94 valence electrons. The maximum atomic E-state index is 3.59. The summed E-state index contributed by atoms with van der Waals surface area (Å²) in [5.41, 5.74) is 4.01. The smallest absolute Gasteiger partial charge is 0.0514 e. The van der Waals surface area contributed by atoms with Gasteiger partial charge in [-0.2, -0.15) is 0 Å². The summed E-state index contributed by atoms with van der Waals surface area (Å²) in [7, 11) is 0. The van der Waals surface area contributed by atoms with Crippen LogP contribution in [0, 0.1) is 0 Å². The fraction of sp³-hybridized carbons (Fsp3) is 0.250. The molecule has 1 aromatic carbocycles. The van der Waals surface area contributed by atoms with Crippen LogP contribution in [0.5, 0.6) is 0 Å². The minimum absolute atomic E-state index is 0.348. The van der Waals surface area contributed by atoms with Gasteiger partial charge in [-0.15, -0.1) is 0 Å². The standard InChI is InChI=1S/C16H18BrN/c1-13-10-16(17)9-5-8-15(13)12-18-11-14-6-3-2-4-7-14/h2-10,16,18H,11-12H2,1H3. The quantitative estimate of drug-likeness (QED) is 0.830. The third-order valence-electron chi connectivity index (χ3n) is 3.00. The van der Waals surface area contributed by atoms with Crippen LogP contribution in [0.1, 0.15) is 12.5 Å². The zero-order chi connectivity index (χ0) is 12.8. The largest absolute Gasteiger partial charge is 0.309 e. The molecule has 18 heavy (non-hydrogen) atoms. The zero-order valence-electron chi connectivity index (χ0n) is 10.6. The summed E-state index contributed by atoms with van der Waals surface area (Å²) in [5, 5.41) is 3.49. The van der Waals surface area contributed by atoms with Gasteiger partial charge in [0.1, 0.15) is 0 Å². The van der Waals surface area contributed by atoms with E-state index in [1.165, 1.54) is 16.7 Å². The summed E-state index contributed by atoms with van der Waals surface area (Å²) in [5.74, 6) is 0. The Labute approximate surface area is 117 Å². The maximum Gasteiger partial charge on any atom is 0.0514 e. The summed E-state index contributed by atoms with van der Waals surface area (Å²) >= 11 is 3.59. The van der Waals surface area contributed by atoms with Gasteiger partial charge < -0.3 is 5.32 Å². The van der Waals surface area contributed by atoms with Gasteiger partial charge >= 0.3 is 0 Å². The SMILES string of the molecule is CC1=CC(Br)C=CC=C1CNCc1ccccc1. The van der Waals surface area contributed by atoms with Gasteiger partial charge in [0.25, 0.3) is 0 Å². The van der Waals surface area contributed by atoms with E-state index in [9.17, 15) is 0 Å². The Morgan fingerprint density at radius 2 is 1.94 bits per heavy atom. The van der Waals surface area contributed by atoms with E-state index in [1.807, 2.05) is 6.07 Å². The summed E-state index contributed by atoms with van der Waals surface area (Å²) in [6.45, 7) is 3.98. The molecule has 0 aromatic heterocycles. The first kappa shape index (κ1) is 13.3. The first-order valence-electron chi connectivity index (χ1n) is 6.20. The van der Waals surface area contributed by atoms with Crippen LogP contribution in [-0.2, 0) is 6.54 Å². The van der Waals surface area contributed by atoms with Crippen LogP contribution in [0.3, 0.4) is 0 Å². The lowest BCUT2D eigenvalue weighted by Gasteiger charge is -2.09. The molecule has 2 rings (SSSR count). The van der Waals surface area contributed by atoms with Gasteiger partial charge in [0.15, 0.2) is 0 Å². The fourth-order valence-corrected chi connectivity index (χ4v) is 2.52. The van der Waals surface area contributed by atoms with Crippen LogP contribution in [0.15, 0.2) is 65.8 Å². The molecule has 0 amide bonds. The Kier molecular flexibility index (Phi) is 4.97. The molecule has 1 atom stereocenters. The summed E-state index contributed by atoms with van der Waals surface area (Å²) in [6.07, 6.45) is 8.68. The van der Waals surface area contributed by atoms with Crippen molar-refractivity contribution in [3.8, 4) is 0 Å². The highest BCUT2D eigenvalue weighted by molar-refractivity contribution is 9.09. The lowest BCUT2D eigenvalue weighted by Crippen LogP contribution is -2.17. The van der Waals surface area contributed by atoms with Gasteiger partial charge in [-0.25, -0.2) is 0 Å².